The van der Waals surface area contributed by atoms with Crippen molar-refractivity contribution in [1.82, 2.24) is 9.55 Å². The molecular weight excluding hydrogens is 627 g/mol. The number of carboxylic acid groups (broad SMARTS) is 1. The molecule has 0 radical (unpaired) electrons. The number of carboxylic acids is 1. The molecule has 2 N–H and O–H groups in total. The van der Waals surface area contributed by atoms with Crippen LogP contribution in [0.3, 0.4) is 0 Å². The summed E-state index contributed by atoms with van der Waals surface area (Å²) in [6.45, 7) is 5.20. The van der Waals surface area contributed by atoms with Crippen LogP contribution in [0.5, 0.6) is 0 Å². The Morgan fingerprint density at radius 2 is 2.00 bits per heavy atom. The van der Waals surface area contributed by atoms with Crippen molar-refractivity contribution >= 4 is 48.6 Å². The van der Waals surface area contributed by atoms with Crippen molar-refractivity contribution < 1.29 is 35.9 Å². The van der Waals surface area contributed by atoms with Crippen LogP contribution in [0.1, 0.15) is 53.3 Å². The molecule has 1 fully saturated rings. The van der Waals surface area contributed by atoms with E-state index in [1.165, 1.54) is 18.2 Å². The van der Waals surface area contributed by atoms with E-state index in [4.69, 9.17) is 4.42 Å². The maximum atomic E-state index is 13.3. The molecule has 1 unspecified atom stereocenters. The fourth-order valence-corrected chi connectivity index (χ4v) is 6.64. The normalized spacial score (nSPS) is 14.8. The van der Waals surface area contributed by atoms with Crippen molar-refractivity contribution in [2.24, 2.45) is 0 Å². The van der Waals surface area contributed by atoms with Crippen LogP contribution in [-0.4, -0.2) is 40.5 Å². The zero-order valence-corrected chi connectivity index (χ0v) is 24.1. The Kier molecular flexibility index (Phi) is 7.53. The van der Waals surface area contributed by atoms with E-state index in [0.717, 1.165) is 18.4 Å². The van der Waals surface area contributed by atoms with E-state index in [0.29, 0.717) is 39.5 Å². The van der Waals surface area contributed by atoms with Crippen molar-refractivity contribution in [3.8, 4) is 11.3 Å². The Morgan fingerprint density at radius 3 is 2.61 bits per heavy atom. The number of aromatic nitrogens is 2. The van der Waals surface area contributed by atoms with Crippen molar-refractivity contribution in [1.29, 1.82) is 0 Å². The topological polar surface area (TPSA) is 114 Å². The van der Waals surface area contributed by atoms with Gasteiger partial charge in [-0.25, -0.2) is 18.2 Å². The molecule has 2 heterocycles. The summed E-state index contributed by atoms with van der Waals surface area (Å²) >= 11 is 3.51. The number of anilines is 1. The maximum Gasteiger partial charge on any atom is 0.410 e. The predicted molar refractivity (Wildman–Crippen MR) is 152 cm³/mol. The first-order valence-electron chi connectivity index (χ1n) is 12.7. The van der Waals surface area contributed by atoms with Gasteiger partial charge in [-0.15, -0.1) is 6.58 Å². The number of furan rings is 1. The number of alkyl halides is 3. The molecule has 0 aliphatic heterocycles. The number of halogens is 4. The molecule has 1 atom stereocenters. The van der Waals surface area contributed by atoms with Gasteiger partial charge in [-0.1, -0.05) is 31.2 Å². The van der Waals surface area contributed by atoms with E-state index in [1.807, 2.05) is 17.7 Å². The minimum atomic E-state index is -5.05. The molecule has 5 rings (SSSR count). The molecule has 41 heavy (non-hydrogen) atoms. The number of nitrogens with zero attached hydrogens (tertiary/aromatic N) is 2. The zero-order valence-electron chi connectivity index (χ0n) is 21.7. The molecule has 1 aliphatic rings. The Balaban J connectivity index is 1.53. The third kappa shape index (κ3) is 5.52. The smallest absolute Gasteiger partial charge is 0.410 e. The lowest BCUT2D eigenvalue weighted by Crippen LogP contribution is -2.38. The third-order valence-corrected chi connectivity index (χ3v) is 9.30. The molecule has 13 heteroatoms. The molecule has 0 bridgehead atoms. The van der Waals surface area contributed by atoms with Gasteiger partial charge in [0.15, 0.2) is 16.7 Å². The third-order valence-electron chi connectivity index (χ3n) is 6.88. The first-order valence-corrected chi connectivity index (χ1v) is 15.0. The van der Waals surface area contributed by atoms with Gasteiger partial charge in [0.25, 0.3) is 0 Å². The molecule has 8 nitrogen and oxygen atoms in total. The van der Waals surface area contributed by atoms with Crippen LogP contribution in [0, 0.1) is 0 Å². The highest BCUT2D eigenvalue weighted by Crippen LogP contribution is 2.43. The van der Waals surface area contributed by atoms with Crippen LogP contribution in [0.4, 0.5) is 18.9 Å². The van der Waals surface area contributed by atoms with Gasteiger partial charge < -0.3 is 14.1 Å². The van der Waals surface area contributed by atoms with E-state index in [-0.39, 0.29) is 35.2 Å². The fraction of sp³-hybridized carbons (Fsp3) is 0.286. The summed E-state index contributed by atoms with van der Waals surface area (Å²) in [7, 11) is -4.92. The number of nitrogens with one attached hydrogen (secondary N) is 1. The summed E-state index contributed by atoms with van der Waals surface area (Å²) in [5, 5.41) is 7.77. The van der Waals surface area contributed by atoms with E-state index < -0.39 is 27.4 Å². The lowest BCUT2D eigenvalue weighted by molar-refractivity contribution is -0.121. The van der Waals surface area contributed by atoms with Crippen LogP contribution in [0.25, 0.3) is 22.3 Å². The average Bonchev–Trinajstić information content (AvgIpc) is 3.60. The van der Waals surface area contributed by atoms with Crippen LogP contribution in [0.2, 0.25) is 0 Å². The van der Waals surface area contributed by atoms with Crippen molar-refractivity contribution in [3.05, 3.63) is 82.4 Å². The number of imidazole rings is 1. The van der Waals surface area contributed by atoms with Crippen LogP contribution in [-0.2, 0) is 23.0 Å². The van der Waals surface area contributed by atoms with E-state index in [9.17, 15) is 31.5 Å². The number of rotatable bonds is 10. The molecular formula is C28H25BrF3N3O5S. The molecule has 1 saturated carbocycles. The molecule has 1 aliphatic carbocycles. The largest absolute Gasteiger partial charge is 0.477 e. The van der Waals surface area contributed by atoms with Crippen molar-refractivity contribution in [2.45, 2.75) is 50.1 Å². The Morgan fingerprint density at radius 1 is 1.29 bits per heavy atom. The second-order valence-electron chi connectivity index (χ2n) is 9.75. The number of benzene rings is 2. The number of fused-ring (bicyclic) bond motifs is 1. The van der Waals surface area contributed by atoms with Crippen LogP contribution < -0.4 is 4.72 Å². The fourth-order valence-electron chi connectivity index (χ4n) is 4.82. The summed E-state index contributed by atoms with van der Waals surface area (Å²) in [5.74, 6) is 0.0114. The number of hydrogen-bond acceptors (Lipinski definition) is 5. The van der Waals surface area contributed by atoms with E-state index >= 15 is 0 Å². The maximum absolute atomic E-state index is 13.3. The van der Waals surface area contributed by atoms with Gasteiger partial charge in [-0.3, -0.25) is 4.72 Å². The SMILES string of the molecule is C=CC(C(F)(F)F)S(=O)(=O)Nc1ccccc1-c1oc2ccc(Cn3c(CC)nc(C4CC4)c3C(=O)O)cc2c1Br. The van der Waals surface area contributed by atoms with Gasteiger partial charge in [0.05, 0.1) is 15.9 Å². The zero-order chi connectivity index (χ0) is 29.7. The molecule has 4 aromatic rings. The molecule has 0 spiro atoms. The van der Waals surface area contributed by atoms with Gasteiger partial charge in [0, 0.05) is 29.8 Å². The molecule has 0 amide bonds. The second kappa shape index (κ2) is 10.7. The lowest BCUT2D eigenvalue weighted by Gasteiger charge is -2.19. The Bertz CT molecular complexity index is 1770. The standard InChI is InChI=1S/C28H25BrF3N3O5S/c1-3-21(28(30,31)32)41(38,39)34-19-8-6-5-7-17(19)26-23(29)18-13-15(9-12-20(18)40-26)14-35-22(4-2)33-24(16-10-11-16)25(35)27(36)37/h3,5-9,12-13,16,21,34H,1,4,10-11,14H2,2H3,(H,36,37). The van der Waals surface area contributed by atoms with E-state index in [2.05, 4.69) is 27.5 Å². The molecule has 0 saturated heterocycles. The number of hydrogen-bond donors (Lipinski definition) is 2. The highest BCUT2D eigenvalue weighted by molar-refractivity contribution is 9.10. The lowest BCUT2D eigenvalue weighted by atomic mass is 10.1. The number of aryl methyl sites for hydroxylation is 1. The van der Waals surface area contributed by atoms with Crippen molar-refractivity contribution in [2.75, 3.05) is 4.72 Å². The van der Waals surface area contributed by atoms with Gasteiger partial charge in [-0.2, -0.15) is 13.2 Å². The van der Waals surface area contributed by atoms with E-state index in [1.54, 1.807) is 22.8 Å². The highest BCUT2D eigenvalue weighted by Gasteiger charge is 2.47. The number of para-hydroxylation sites is 1. The molecule has 2 aromatic carbocycles. The summed E-state index contributed by atoms with van der Waals surface area (Å²) in [6, 6.07) is 11.3. The molecule has 2 aromatic heterocycles. The number of sulfonamides is 1. The average molecular weight is 652 g/mol. The van der Waals surface area contributed by atoms with Crippen molar-refractivity contribution in [3.63, 3.8) is 0 Å². The van der Waals surface area contributed by atoms with Crippen LogP contribution >= 0.6 is 15.9 Å². The minimum absolute atomic E-state index is 0.103. The van der Waals surface area contributed by atoms with Gasteiger partial charge in [0.2, 0.25) is 10.0 Å². The highest BCUT2D eigenvalue weighted by atomic mass is 79.9. The summed E-state index contributed by atoms with van der Waals surface area (Å²) in [4.78, 5) is 16.8. The quantitative estimate of drug-likeness (QED) is 0.177. The van der Waals surface area contributed by atoms with Gasteiger partial charge >= 0.3 is 12.1 Å². The number of aromatic carboxylic acids is 1. The molecule has 216 valence electrons. The van der Waals surface area contributed by atoms with Gasteiger partial charge in [-0.05, 0) is 58.6 Å². The Hall–Kier alpha value is -3.58. The first-order chi connectivity index (χ1) is 19.4. The van der Waals surface area contributed by atoms with Crippen LogP contribution in [0.15, 0.2) is 64.0 Å². The summed E-state index contributed by atoms with van der Waals surface area (Å²) < 4.78 is 75.5. The number of carbonyl (C=O) groups is 1. The Labute approximate surface area is 242 Å². The summed E-state index contributed by atoms with van der Waals surface area (Å²) in [5.41, 5.74) is 2.13. The predicted octanol–water partition coefficient (Wildman–Crippen LogP) is 7.10. The summed E-state index contributed by atoms with van der Waals surface area (Å²) in [6.07, 6.45) is -2.33. The first kappa shape index (κ1) is 28.9. The monoisotopic (exact) mass is 651 g/mol. The minimum Gasteiger partial charge on any atom is -0.477 e. The van der Waals surface area contributed by atoms with Gasteiger partial charge in [0.1, 0.15) is 11.4 Å². The second-order valence-corrected chi connectivity index (χ2v) is 12.3.